The van der Waals surface area contributed by atoms with Crippen LogP contribution in [0.1, 0.15) is 57.9 Å². The van der Waals surface area contributed by atoms with Gasteiger partial charge in [0.25, 0.3) is 11.8 Å². The number of rotatable bonds is 5. The molecule has 1 N–H and O–H groups in total. The van der Waals surface area contributed by atoms with Crippen molar-refractivity contribution < 1.29 is 19.1 Å². The fraction of sp³-hybridized carbons (Fsp3) is 0.364. The first kappa shape index (κ1) is 20.5. The van der Waals surface area contributed by atoms with E-state index in [0.29, 0.717) is 42.4 Å². The molecule has 7 nitrogen and oxygen atoms in total. The second-order valence-electron chi connectivity index (χ2n) is 7.16. The molecule has 1 aromatic heterocycles. The molecule has 0 radical (unpaired) electrons. The summed E-state index contributed by atoms with van der Waals surface area (Å²) in [5.41, 5.74) is 1.57. The number of amides is 2. The van der Waals surface area contributed by atoms with Gasteiger partial charge in [0.1, 0.15) is 5.69 Å². The van der Waals surface area contributed by atoms with Crippen molar-refractivity contribution in [2.75, 3.05) is 25.0 Å². The first-order chi connectivity index (χ1) is 14.0. The molecule has 0 unspecified atom stereocenters. The number of nitrogens with one attached hydrogen (secondary N) is 1. The summed E-state index contributed by atoms with van der Waals surface area (Å²) < 4.78 is 4.94. The summed E-state index contributed by atoms with van der Waals surface area (Å²) >= 11 is 0. The number of pyridine rings is 1. The number of piperidine rings is 1. The van der Waals surface area contributed by atoms with Crippen LogP contribution in [-0.2, 0) is 4.74 Å². The maximum absolute atomic E-state index is 12.7. The minimum Gasteiger partial charge on any atom is -0.462 e. The number of ether oxygens (including phenoxy) is 1. The molecule has 0 bridgehead atoms. The number of carbonyl (C=O) groups excluding carboxylic acids is 3. The molecule has 3 rings (SSSR count). The van der Waals surface area contributed by atoms with Gasteiger partial charge in [0, 0.05) is 30.5 Å². The van der Waals surface area contributed by atoms with Crippen molar-refractivity contribution in [3.63, 3.8) is 0 Å². The van der Waals surface area contributed by atoms with Gasteiger partial charge in [-0.3, -0.25) is 14.6 Å². The van der Waals surface area contributed by atoms with Gasteiger partial charge in [-0.15, -0.1) is 0 Å². The maximum atomic E-state index is 12.7. The molecule has 1 aliphatic heterocycles. The standard InChI is InChI=1S/C22H25N3O4/c1-3-29-22(28)16-4-6-18(7-5-16)24-20(26)17-8-11-23-19(14-17)21(27)25-12-9-15(2)10-13-25/h4-8,11,14-15H,3,9-10,12-13H2,1-2H3,(H,24,26). The number of esters is 1. The minimum absolute atomic E-state index is 0.148. The van der Waals surface area contributed by atoms with E-state index in [1.54, 1.807) is 42.2 Å². The topological polar surface area (TPSA) is 88.6 Å². The average Bonchev–Trinajstić information content (AvgIpc) is 2.74. The van der Waals surface area contributed by atoms with Gasteiger partial charge >= 0.3 is 5.97 Å². The molecule has 2 heterocycles. The highest BCUT2D eigenvalue weighted by Crippen LogP contribution is 2.18. The molecule has 2 aromatic rings. The zero-order valence-corrected chi connectivity index (χ0v) is 16.7. The van der Waals surface area contributed by atoms with E-state index < -0.39 is 5.97 Å². The van der Waals surface area contributed by atoms with Crippen LogP contribution in [0.2, 0.25) is 0 Å². The van der Waals surface area contributed by atoms with Gasteiger partial charge in [-0.05, 0) is 62.1 Å². The Balaban J connectivity index is 1.66. The smallest absolute Gasteiger partial charge is 0.338 e. The number of carbonyl (C=O) groups is 3. The second-order valence-corrected chi connectivity index (χ2v) is 7.16. The van der Waals surface area contributed by atoms with Crippen LogP contribution >= 0.6 is 0 Å². The Morgan fingerprint density at radius 2 is 1.79 bits per heavy atom. The molecule has 0 spiro atoms. The summed E-state index contributed by atoms with van der Waals surface area (Å²) in [6.07, 6.45) is 3.43. The molecule has 152 valence electrons. The van der Waals surface area contributed by atoms with E-state index in [0.717, 1.165) is 12.8 Å². The van der Waals surface area contributed by atoms with E-state index in [1.165, 1.54) is 12.3 Å². The number of nitrogens with zero attached hydrogens (tertiary/aromatic N) is 2. The van der Waals surface area contributed by atoms with E-state index in [1.807, 2.05) is 0 Å². The van der Waals surface area contributed by atoms with Gasteiger partial charge in [0.05, 0.1) is 12.2 Å². The van der Waals surface area contributed by atoms with Crippen molar-refractivity contribution in [2.24, 2.45) is 5.92 Å². The predicted molar refractivity (Wildman–Crippen MR) is 109 cm³/mol. The van der Waals surface area contributed by atoms with Crippen molar-refractivity contribution in [2.45, 2.75) is 26.7 Å². The zero-order chi connectivity index (χ0) is 20.8. The Labute approximate surface area is 170 Å². The van der Waals surface area contributed by atoms with E-state index in [-0.39, 0.29) is 17.5 Å². The molecule has 0 atom stereocenters. The van der Waals surface area contributed by atoms with E-state index in [2.05, 4.69) is 17.2 Å². The van der Waals surface area contributed by atoms with Crippen LogP contribution in [0.4, 0.5) is 5.69 Å². The van der Waals surface area contributed by atoms with Gasteiger partial charge in [0.15, 0.2) is 0 Å². The third-order valence-corrected chi connectivity index (χ3v) is 4.97. The Bertz CT molecular complexity index is 887. The van der Waals surface area contributed by atoms with Crippen LogP contribution < -0.4 is 5.32 Å². The Hall–Kier alpha value is -3.22. The van der Waals surface area contributed by atoms with Gasteiger partial charge in [-0.2, -0.15) is 0 Å². The molecule has 0 saturated carbocycles. The van der Waals surface area contributed by atoms with Gasteiger partial charge < -0.3 is 15.0 Å². The maximum Gasteiger partial charge on any atom is 0.338 e. The Kier molecular flexibility index (Phi) is 6.59. The summed E-state index contributed by atoms with van der Waals surface area (Å²) in [5, 5.41) is 2.76. The molecule has 1 saturated heterocycles. The fourth-order valence-electron chi connectivity index (χ4n) is 3.17. The van der Waals surface area contributed by atoms with Gasteiger partial charge in [-0.1, -0.05) is 6.92 Å². The van der Waals surface area contributed by atoms with E-state index >= 15 is 0 Å². The van der Waals surface area contributed by atoms with Crippen LogP contribution in [0.5, 0.6) is 0 Å². The second kappa shape index (κ2) is 9.32. The van der Waals surface area contributed by atoms with Gasteiger partial charge in [-0.25, -0.2) is 4.79 Å². The van der Waals surface area contributed by atoms with Crippen molar-refractivity contribution in [1.29, 1.82) is 0 Å². The normalized spacial score (nSPS) is 14.3. The lowest BCUT2D eigenvalue weighted by Gasteiger charge is -2.30. The van der Waals surface area contributed by atoms with Crippen LogP contribution in [-0.4, -0.2) is 47.4 Å². The van der Waals surface area contributed by atoms with E-state index in [9.17, 15) is 14.4 Å². The molecule has 2 amide bonds. The highest BCUT2D eigenvalue weighted by atomic mass is 16.5. The molecule has 7 heteroatoms. The quantitative estimate of drug-likeness (QED) is 0.784. The molecular formula is C22H25N3O4. The zero-order valence-electron chi connectivity index (χ0n) is 16.7. The largest absolute Gasteiger partial charge is 0.462 e. The number of hydrogen-bond donors (Lipinski definition) is 1. The highest BCUT2D eigenvalue weighted by molar-refractivity contribution is 6.05. The van der Waals surface area contributed by atoms with Gasteiger partial charge in [0.2, 0.25) is 0 Å². The molecule has 0 aliphatic carbocycles. The molecule has 29 heavy (non-hydrogen) atoms. The van der Waals surface area contributed by atoms with Crippen molar-refractivity contribution >= 4 is 23.5 Å². The summed E-state index contributed by atoms with van der Waals surface area (Å²) in [4.78, 5) is 42.9. The number of aromatic nitrogens is 1. The van der Waals surface area contributed by atoms with Crippen LogP contribution in [0.25, 0.3) is 0 Å². The highest BCUT2D eigenvalue weighted by Gasteiger charge is 2.23. The molecule has 1 fully saturated rings. The lowest BCUT2D eigenvalue weighted by atomic mass is 9.99. The third kappa shape index (κ3) is 5.19. The number of anilines is 1. The first-order valence-electron chi connectivity index (χ1n) is 9.81. The van der Waals surface area contributed by atoms with Crippen LogP contribution in [0, 0.1) is 5.92 Å². The average molecular weight is 395 g/mol. The number of likely N-dealkylation sites (tertiary alicyclic amines) is 1. The van der Waals surface area contributed by atoms with Crippen molar-refractivity contribution in [1.82, 2.24) is 9.88 Å². The lowest BCUT2D eigenvalue weighted by Crippen LogP contribution is -2.38. The Morgan fingerprint density at radius 3 is 2.45 bits per heavy atom. The fourth-order valence-corrected chi connectivity index (χ4v) is 3.17. The monoisotopic (exact) mass is 395 g/mol. The summed E-state index contributed by atoms with van der Waals surface area (Å²) in [6.45, 7) is 5.66. The predicted octanol–water partition coefficient (Wildman–Crippen LogP) is 3.38. The third-order valence-electron chi connectivity index (χ3n) is 4.97. The molecule has 1 aliphatic rings. The van der Waals surface area contributed by atoms with E-state index in [4.69, 9.17) is 4.74 Å². The minimum atomic E-state index is -0.408. The van der Waals surface area contributed by atoms with Crippen molar-refractivity contribution in [3.8, 4) is 0 Å². The Morgan fingerprint density at radius 1 is 1.10 bits per heavy atom. The SMILES string of the molecule is CCOC(=O)c1ccc(NC(=O)c2ccnc(C(=O)N3CCC(C)CC3)c2)cc1. The van der Waals surface area contributed by atoms with Crippen LogP contribution in [0.15, 0.2) is 42.6 Å². The number of hydrogen-bond acceptors (Lipinski definition) is 5. The first-order valence-corrected chi connectivity index (χ1v) is 9.81. The molecule has 1 aromatic carbocycles. The number of benzene rings is 1. The summed E-state index contributed by atoms with van der Waals surface area (Å²) in [7, 11) is 0. The van der Waals surface area contributed by atoms with Crippen LogP contribution in [0.3, 0.4) is 0 Å². The molecular weight excluding hydrogens is 370 g/mol. The summed E-state index contributed by atoms with van der Waals surface area (Å²) in [6, 6.07) is 9.53. The van der Waals surface area contributed by atoms with Crippen molar-refractivity contribution in [3.05, 3.63) is 59.4 Å². The summed E-state index contributed by atoms with van der Waals surface area (Å²) in [5.74, 6) is -0.281. The lowest BCUT2D eigenvalue weighted by molar-refractivity contribution is 0.0526.